The van der Waals surface area contributed by atoms with E-state index in [-0.39, 0.29) is 0 Å². The molecule has 1 aromatic heterocycles. The van der Waals surface area contributed by atoms with E-state index in [1.165, 1.54) is 11.3 Å². The van der Waals surface area contributed by atoms with Crippen LogP contribution in [0, 0.1) is 0 Å². The minimum atomic E-state index is -1.12. The molecule has 0 fully saturated rings. The van der Waals surface area contributed by atoms with Crippen LogP contribution >= 0.6 is 11.3 Å². The summed E-state index contributed by atoms with van der Waals surface area (Å²) >= 11 is 1.44. The first-order valence-corrected chi connectivity index (χ1v) is 11.3. The molecular formula is C26H22N2O4S. The molecule has 4 aromatic rings. The number of ether oxygens (including phenoxy) is 3. The number of aliphatic hydroxyl groups excluding tert-OH is 1. The Morgan fingerprint density at radius 1 is 1.06 bits per heavy atom. The highest BCUT2D eigenvalue weighted by Crippen LogP contribution is 2.37. The lowest BCUT2D eigenvalue weighted by Gasteiger charge is -2.23. The molecule has 1 atom stereocenters. The van der Waals surface area contributed by atoms with Crippen molar-refractivity contribution in [3.63, 3.8) is 0 Å². The van der Waals surface area contributed by atoms with E-state index in [4.69, 9.17) is 14.2 Å². The van der Waals surface area contributed by atoms with Crippen LogP contribution < -0.4 is 19.5 Å². The molecule has 0 saturated heterocycles. The third kappa shape index (κ3) is 4.69. The molecule has 2 N–H and O–H groups in total. The summed E-state index contributed by atoms with van der Waals surface area (Å²) in [5.41, 5.74) is 4.02. The molecule has 0 amide bonds. The molecule has 3 aromatic carbocycles. The normalized spacial score (nSPS) is 14.6. The summed E-state index contributed by atoms with van der Waals surface area (Å²) in [6, 6.07) is 23.2. The van der Waals surface area contributed by atoms with Crippen molar-refractivity contribution in [2.75, 3.05) is 12.4 Å². The standard InChI is InChI=1S/C26H22N2O4S/c1-30-23-10-6-5-9-21(23)27-26-28-22(16-33-26)20-13-18-11-12-19(14-24(18)32-25(20)29)31-15-17-7-3-2-4-8-17/h2-14,16,25,29H,15H2,1H3,(H,27,28). The summed E-state index contributed by atoms with van der Waals surface area (Å²) in [4.78, 5) is 4.63. The van der Waals surface area contributed by atoms with E-state index in [1.807, 2.05) is 78.2 Å². The van der Waals surface area contributed by atoms with Gasteiger partial charge in [0.2, 0.25) is 6.29 Å². The summed E-state index contributed by atoms with van der Waals surface area (Å²) < 4.78 is 17.0. The average Bonchev–Trinajstić information content (AvgIpc) is 3.31. The number of methoxy groups -OCH3 is 1. The molecule has 7 heteroatoms. The van der Waals surface area contributed by atoms with Crippen LogP contribution in [0.15, 0.2) is 78.2 Å². The number of aliphatic hydroxyl groups is 1. The van der Waals surface area contributed by atoms with Crippen molar-refractivity contribution in [2.45, 2.75) is 12.9 Å². The Balaban J connectivity index is 1.33. The maximum absolute atomic E-state index is 10.6. The van der Waals surface area contributed by atoms with E-state index in [0.717, 1.165) is 22.6 Å². The Morgan fingerprint density at radius 2 is 1.88 bits per heavy atom. The molecule has 0 bridgehead atoms. The van der Waals surface area contributed by atoms with Gasteiger partial charge in [0.15, 0.2) is 5.13 Å². The van der Waals surface area contributed by atoms with Gasteiger partial charge in [-0.15, -0.1) is 11.3 Å². The van der Waals surface area contributed by atoms with E-state index in [1.54, 1.807) is 13.2 Å². The van der Waals surface area contributed by atoms with Gasteiger partial charge in [-0.2, -0.15) is 0 Å². The number of benzene rings is 3. The molecule has 5 rings (SSSR count). The van der Waals surface area contributed by atoms with Crippen LogP contribution in [0.1, 0.15) is 16.8 Å². The molecule has 2 heterocycles. The first-order chi connectivity index (χ1) is 16.2. The lowest BCUT2D eigenvalue weighted by atomic mass is 10.0. The summed E-state index contributed by atoms with van der Waals surface area (Å²) in [5, 5.41) is 16.5. The van der Waals surface area contributed by atoms with Gasteiger partial charge >= 0.3 is 0 Å². The topological polar surface area (TPSA) is 72.8 Å². The quantitative estimate of drug-likeness (QED) is 0.369. The molecule has 0 radical (unpaired) electrons. The maximum Gasteiger partial charge on any atom is 0.226 e. The fraction of sp³-hybridized carbons (Fsp3) is 0.115. The van der Waals surface area contributed by atoms with Crippen molar-refractivity contribution in [3.05, 3.63) is 95.0 Å². The third-order valence-corrected chi connectivity index (χ3v) is 5.96. The van der Waals surface area contributed by atoms with E-state index >= 15 is 0 Å². The van der Waals surface area contributed by atoms with Crippen molar-refractivity contribution in [1.82, 2.24) is 4.98 Å². The van der Waals surface area contributed by atoms with Gasteiger partial charge in [-0.3, -0.25) is 0 Å². The fourth-order valence-electron chi connectivity index (χ4n) is 3.52. The molecule has 0 aliphatic carbocycles. The van der Waals surface area contributed by atoms with Gasteiger partial charge in [0.1, 0.15) is 23.9 Å². The zero-order chi connectivity index (χ0) is 22.6. The predicted octanol–water partition coefficient (Wildman–Crippen LogP) is 5.73. The van der Waals surface area contributed by atoms with E-state index in [2.05, 4.69) is 10.3 Å². The van der Waals surface area contributed by atoms with Crippen LogP contribution in [0.5, 0.6) is 17.2 Å². The van der Waals surface area contributed by atoms with Crippen LogP contribution in [-0.4, -0.2) is 23.5 Å². The van der Waals surface area contributed by atoms with Crippen molar-refractivity contribution < 1.29 is 19.3 Å². The van der Waals surface area contributed by atoms with Crippen LogP contribution in [0.4, 0.5) is 10.8 Å². The molecule has 1 aliphatic heterocycles. The minimum Gasteiger partial charge on any atom is -0.495 e. The lowest BCUT2D eigenvalue weighted by Crippen LogP contribution is -2.21. The van der Waals surface area contributed by atoms with E-state index < -0.39 is 6.29 Å². The highest BCUT2D eigenvalue weighted by molar-refractivity contribution is 7.13. The van der Waals surface area contributed by atoms with Gasteiger partial charge in [0.25, 0.3) is 0 Å². The van der Waals surface area contributed by atoms with E-state index in [0.29, 0.717) is 34.5 Å². The number of nitrogens with zero attached hydrogens (tertiary/aromatic N) is 1. The predicted molar refractivity (Wildman–Crippen MR) is 130 cm³/mol. The Hall–Kier alpha value is -3.81. The molecule has 33 heavy (non-hydrogen) atoms. The highest BCUT2D eigenvalue weighted by Gasteiger charge is 2.24. The molecule has 166 valence electrons. The molecular weight excluding hydrogens is 436 g/mol. The zero-order valence-electron chi connectivity index (χ0n) is 17.9. The van der Waals surface area contributed by atoms with Crippen molar-refractivity contribution in [2.24, 2.45) is 0 Å². The van der Waals surface area contributed by atoms with Crippen molar-refractivity contribution in [3.8, 4) is 17.2 Å². The van der Waals surface area contributed by atoms with Gasteiger partial charge in [-0.05, 0) is 35.9 Å². The molecule has 6 nitrogen and oxygen atoms in total. The molecule has 1 unspecified atom stereocenters. The highest BCUT2D eigenvalue weighted by atomic mass is 32.1. The largest absolute Gasteiger partial charge is 0.495 e. The molecule has 0 spiro atoms. The summed E-state index contributed by atoms with van der Waals surface area (Å²) in [6.45, 7) is 0.462. The smallest absolute Gasteiger partial charge is 0.226 e. The minimum absolute atomic E-state index is 0.462. The van der Waals surface area contributed by atoms with Gasteiger partial charge in [-0.25, -0.2) is 4.98 Å². The van der Waals surface area contributed by atoms with Gasteiger partial charge < -0.3 is 24.6 Å². The number of anilines is 2. The summed E-state index contributed by atoms with van der Waals surface area (Å²) in [5.74, 6) is 1.98. The lowest BCUT2D eigenvalue weighted by molar-refractivity contribution is 0.0316. The zero-order valence-corrected chi connectivity index (χ0v) is 18.7. The Labute approximate surface area is 195 Å². The number of rotatable bonds is 7. The maximum atomic E-state index is 10.6. The van der Waals surface area contributed by atoms with Crippen molar-refractivity contribution >= 4 is 33.8 Å². The SMILES string of the molecule is COc1ccccc1Nc1nc(C2=Cc3ccc(OCc4ccccc4)cc3OC2O)cs1. The Bertz CT molecular complexity index is 1290. The number of thiazole rings is 1. The van der Waals surface area contributed by atoms with Crippen LogP contribution in [0.2, 0.25) is 0 Å². The second-order valence-electron chi connectivity index (χ2n) is 7.41. The number of fused-ring (bicyclic) bond motifs is 1. The number of aromatic nitrogens is 1. The number of hydrogen-bond acceptors (Lipinski definition) is 7. The molecule has 1 aliphatic rings. The third-order valence-electron chi connectivity index (χ3n) is 5.20. The number of para-hydroxylation sites is 2. The first kappa shape index (κ1) is 21.1. The van der Waals surface area contributed by atoms with Crippen LogP contribution in [0.3, 0.4) is 0 Å². The number of hydrogen-bond donors (Lipinski definition) is 2. The van der Waals surface area contributed by atoms with Crippen molar-refractivity contribution in [1.29, 1.82) is 0 Å². The average molecular weight is 459 g/mol. The second-order valence-corrected chi connectivity index (χ2v) is 8.27. The Kier molecular flexibility index (Phi) is 5.97. The van der Waals surface area contributed by atoms with Crippen LogP contribution in [-0.2, 0) is 6.61 Å². The molecule has 0 saturated carbocycles. The fourth-order valence-corrected chi connectivity index (χ4v) is 4.25. The second kappa shape index (κ2) is 9.36. The van der Waals surface area contributed by atoms with Gasteiger partial charge in [0.05, 0.1) is 18.5 Å². The van der Waals surface area contributed by atoms with Gasteiger partial charge in [0, 0.05) is 22.6 Å². The first-order valence-electron chi connectivity index (χ1n) is 10.4. The summed E-state index contributed by atoms with van der Waals surface area (Å²) in [6.07, 6.45) is 0.773. The van der Waals surface area contributed by atoms with E-state index in [9.17, 15) is 5.11 Å². The monoisotopic (exact) mass is 458 g/mol. The van der Waals surface area contributed by atoms with Gasteiger partial charge in [-0.1, -0.05) is 42.5 Å². The Morgan fingerprint density at radius 3 is 2.73 bits per heavy atom. The van der Waals surface area contributed by atoms with Crippen LogP contribution in [0.25, 0.3) is 11.6 Å². The number of nitrogens with one attached hydrogen (secondary N) is 1. The summed E-state index contributed by atoms with van der Waals surface area (Å²) in [7, 11) is 1.63.